The number of rotatable bonds is 2. The van der Waals surface area contributed by atoms with Gasteiger partial charge in [0.1, 0.15) is 9.26 Å². The van der Waals surface area contributed by atoms with Gasteiger partial charge in [0.05, 0.1) is 0 Å². The summed E-state index contributed by atoms with van der Waals surface area (Å²) in [5.74, 6) is -0.0738. The first-order valence-corrected chi connectivity index (χ1v) is 5.91. The molecule has 0 radical (unpaired) electrons. The van der Waals surface area contributed by atoms with Crippen LogP contribution in [-0.2, 0) is 18.5 Å². The number of nitrogens with zero attached hydrogens (tertiary/aromatic N) is 1. The molecule has 0 amide bonds. The van der Waals surface area contributed by atoms with Gasteiger partial charge in [-0.1, -0.05) is 13.3 Å². The largest absolute Gasteiger partial charge is 0.478 e. The highest BCUT2D eigenvalue weighted by Crippen LogP contribution is 2.16. The highest BCUT2D eigenvalue weighted by molar-refractivity contribution is 8.28. The molecule has 74 valence electrons. The molecule has 12 heavy (non-hydrogen) atoms. The van der Waals surface area contributed by atoms with Gasteiger partial charge < -0.3 is 4.36 Å². The second-order valence-electron chi connectivity index (χ2n) is 1.79. The third-order valence-corrected chi connectivity index (χ3v) is 3.89. The monoisotopic (exact) mass is 222 g/mol. The zero-order chi connectivity index (χ0) is 9.78. The Morgan fingerprint density at radius 3 is 2.17 bits per heavy atom. The fourth-order valence-corrected chi connectivity index (χ4v) is 2.65. The predicted molar refractivity (Wildman–Crippen MR) is 39.9 cm³/mol. The maximum atomic E-state index is 11.6. The molecule has 0 aliphatic carbocycles. The van der Waals surface area contributed by atoms with Crippen LogP contribution in [0.3, 0.4) is 0 Å². The highest BCUT2D eigenvalue weighted by Gasteiger charge is 2.21. The van der Waals surface area contributed by atoms with Crippen LogP contribution in [0, 0.1) is 0 Å². The molecular formula is C4H7F3NO2S2-. The molecule has 0 bridgehead atoms. The van der Waals surface area contributed by atoms with E-state index in [1.54, 1.807) is 6.92 Å². The van der Waals surface area contributed by atoms with E-state index in [4.69, 9.17) is 0 Å². The molecule has 0 aromatic carbocycles. The van der Waals surface area contributed by atoms with E-state index in [1.165, 1.54) is 0 Å². The summed E-state index contributed by atoms with van der Waals surface area (Å²) in [5, 5.41) is 0. The molecule has 0 atom stereocenters. The average molecular weight is 222 g/mol. The van der Waals surface area contributed by atoms with Crippen molar-refractivity contribution in [3.8, 4) is 0 Å². The molecule has 8 heteroatoms. The van der Waals surface area contributed by atoms with Crippen LogP contribution in [0.5, 0.6) is 0 Å². The Morgan fingerprint density at radius 1 is 1.42 bits per heavy atom. The zero-order valence-corrected chi connectivity index (χ0v) is 7.76. The standard InChI is InChI=1S/C4H7F3NO2S2/c1-2-3-11(12(9)10)8-4(5,6)7/h2-3H2,1H3/q-1. The Kier molecular flexibility index (Phi) is 4.61. The van der Waals surface area contributed by atoms with Crippen LogP contribution in [0.4, 0.5) is 13.2 Å². The van der Waals surface area contributed by atoms with Gasteiger partial charge in [0.2, 0.25) is 0 Å². The molecule has 0 aliphatic rings. The van der Waals surface area contributed by atoms with Crippen LogP contribution in [-0.4, -0.2) is 20.5 Å². The fraction of sp³-hybridized carbons (Fsp3) is 1.00. The maximum Gasteiger partial charge on any atom is 0.478 e. The molecule has 0 rings (SSSR count). The lowest BCUT2D eigenvalue weighted by atomic mass is 10.6. The van der Waals surface area contributed by atoms with E-state index in [1.807, 2.05) is 0 Å². The van der Waals surface area contributed by atoms with Crippen molar-refractivity contribution in [3.05, 3.63) is 0 Å². The summed E-state index contributed by atoms with van der Waals surface area (Å²) in [6, 6.07) is 0. The van der Waals surface area contributed by atoms with Crippen LogP contribution >= 0.6 is 0 Å². The van der Waals surface area contributed by atoms with Gasteiger partial charge in [-0.25, -0.2) is 8.42 Å². The summed E-state index contributed by atoms with van der Waals surface area (Å²) in [4.78, 5) is 0. The van der Waals surface area contributed by atoms with Crippen molar-refractivity contribution in [3.63, 3.8) is 0 Å². The first kappa shape index (κ1) is 11.8. The van der Waals surface area contributed by atoms with Crippen molar-refractivity contribution in [2.75, 3.05) is 5.75 Å². The highest BCUT2D eigenvalue weighted by atomic mass is 32.8. The minimum Gasteiger partial charge on any atom is -0.326 e. The smallest absolute Gasteiger partial charge is 0.326 e. The minimum atomic E-state index is -4.75. The fourth-order valence-electron chi connectivity index (χ4n) is 0.434. The molecule has 0 heterocycles. The van der Waals surface area contributed by atoms with Gasteiger partial charge in [0.25, 0.3) is 0 Å². The summed E-state index contributed by atoms with van der Waals surface area (Å²) in [5.41, 5.74) is 0. The lowest BCUT2D eigenvalue weighted by molar-refractivity contribution is -0.117. The van der Waals surface area contributed by atoms with E-state index in [2.05, 4.69) is 4.36 Å². The number of alkyl halides is 3. The number of halogens is 3. The topological polar surface area (TPSA) is 46.5 Å². The van der Waals surface area contributed by atoms with Crippen LogP contribution in [0.2, 0.25) is 0 Å². The van der Waals surface area contributed by atoms with Gasteiger partial charge >= 0.3 is 6.30 Å². The first-order valence-electron chi connectivity index (χ1n) is 2.97. The van der Waals surface area contributed by atoms with E-state index < -0.39 is 24.8 Å². The summed E-state index contributed by atoms with van der Waals surface area (Å²) in [6.45, 7) is 1.60. The molecule has 0 saturated heterocycles. The van der Waals surface area contributed by atoms with Crippen LogP contribution in [0.25, 0.3) is 0 Å². The second kappa shape index (κ2) is 4.70. The second-order valence-corrected chi connectivity index (χ2v) is 5.40. The summed E-state index contributed by atoms with van der Waals surface area (Å²) in [6.07, 6.45) is -4.39. The summed E-state index contributed by atoms with van der Waals surface area (Å²) >= 11 is 0. The van der Waals surface area contributed by atoms with Gasteiger partial charge in [-0.15, -0.1) is 5.75 Å². The minimum absolute atomic E-state index is 0.0738. The Labute approximate surface area is 70.5 Å². The predicted octanol–water partition coefficient (Wildman–Crippen LogP) is 1.51. The Bertz CT molecular complexity index is 315. The summed E-state index contributed by atoms with van der Waals surface area (Å²) < 4.78 is 57.3. The van der Waals surface area contributed by atoms with Crippen molar-refractivity contribution in [2.45, 2.75) is 19.6 Å². The molecule has 0 aliphatic heterocycles. The lowest BCUT2D eigenvalue weighted by Gasteiger charge is -2.06. The molecule has 0 saturated carbocycles. The van der Waals surface area contributed by atoms with Gasteiger partial charge in [0, 0.05) is 0 Å². The SMILES string of the molecule is CCC[S-](=NC(F)(F)F)=S(=O)=O. The Hall–Kier alpha value is -0.240. The number of hydrogen-bond acceptors (Lipinski definition) is 4. The third kappa shape index (κ3) is 5.42. The lowest BCUT2D eigenvalue weighted by Crippen LogP contribution is -2.03. The van der Waals surface area contributed by atoms with Crippen molar-refractivity contribution >= 4 is 18.5 Å². The summed E-state index contributed by atoms with van der Waals surface area (Å²) in [7, 11) is -4.69. The molecule has 3 nitrogen and oxygen atoms in total. The van der Waals surface area contributed by atoms with Crippen molar-refractivity contribution < 1.29 is 21.6 Å². The number of hydrogen-bond donors (Lipinski definition) is 0. The first-order chi connectivity index (χ1) is 5.37. The van der Waals surface area contributed by atoms with Gasteiger partial charge in [0.15, 0.2) is 0 Å². The molecule has 0 aromatic heterocycles. The van der Waals surface area contributed by atoms with E-state index in [9.17, 15) is 21.6 Å². The van der Waals surface area contributed by atoms with Gasteiger partial charge in [-0.05, 0) is 0 Å². The molecule has 0 aromatic rings. The molecule has 0 spiro atoms. The molecular weight excluding hydrogens is 215 g/mol. The third-order valence-electron chi connectivity index (χ3n) is 0.741. The van der Waals surface area contributed by atoms with E-state index in [0.717, 1.165) is 0 Å². The molecule has 0 N–H and O–H groups in total. The normalized spacial score (nSPS) is 14.7. The average Bonchev–Trinajstić information content (AvgIpc) is 1.83. The van der Waals surface area contributed by atoms with Crippen molar-refractivity contribution in [2.24, 2.45) is 4.36 Å². The van der Waals surface area contributed by atoms with Crippen LogP contribution in [0.15, 0.2) is 4.36 Å². The van der Waals surface area contributed by atoms with Crippen LogP contribution < -0.4 is 0 Å². The van der Waals surface area contributed by atoms with Gasteiger partial charge in [-0.3, -0.25) is 9.25 Å². The van der Waals surface area contributed by atoms with Gasteiger partial charge in [-0.2, -0.15) is 13.2 Å². The maximum absolute atomic E-state index is 11.6. The van der Waals surface area contributed by atoms with E-state index >= 15 is 0 Å². The van der Waals surface area contributed by atoms with E-state index in [0.29, 0.717) is 6.42 Å². The van der Waals surface area contributed by atoms with E-state index in [-0.39, 0.29) is 5.75 Å². The van der Waals surface area contributed by atoms with Crippen molar-refractivity contribution in [1.82, 2.24) is 0 Å². The quantitative estimate of drug-likeness (QED) is 0.525. The molecule has 0 fully saturated rings. The zero-order valence-electron chi connectivity index (χ0n) is 6.13. The van der Waals surface area contributed by atoms with Crippen molar-refractivity contribution in [1.29, 1.82) is 0 Å². The Balaban J connectivity index is 5.05. The molecule has 0 unspecified atom stereocenters. The Morgan fingerprint density at radius 2 is 1.92 bits per heavy atom. The van der Waals surface area contributed by atoms with Crippen LogP contribution in [0.1, 0.15) is 13.3 Å².